The molecule has 0 unspecified atom stereocenters. The zero-order chi connectivity index (χ0) is 21.5. The number of nitrogens with one attached hydrogen (secondary N) is 2. The molecule has 3 rings (SSSR count). The zero-order valence-electron chi connectivity index (χ0n) is 16.8. The van der Waals surface area contributed by atoms with Crippen molar-refractivity contribution in [2.24, 2.45) is 0 Å². The highest BCUT2D eigenvalue weighted by molar-refractivity contribution is 6.32. The van der Waals surface area contributed by atoms with Gasteiger partial charge in [0.25, 0.3) is 5.91 Å². The molecule has 0 saturated carbocycles. The Balaban J connectivity index is 1.46. The van der Waals surface area contributed by atoms with E-state index in [-0.39, 0.29) is 13.0 Å². The van der Waals surface area contributed by atoms with Crippen molar-refractivity contribution in [2.45, 2.75) is 19.3 Å². The molecule has 0 bridgehead atoms. The van der Waals surface area contributed by atoms with Crippen LogP contribution in [-0.4, -0.2) is 37.7 Å². The molecule has 0 fully saturated rings. The average molecular weight is 431 g/mol. The van der Waals surface area contributed by atoms with Gasteiger partial charge in [-0.25, -0.2) is 0 Å². The van der Waals surface area contributed by atoms with Crippen molar-refractivity contribution >= 4 is 40.1 Å². The lowest BCUT2D eigenvalue weighted by molar-refractivity contribution is -0.147. The first-order valence-electron chi connectivity index (χ1n) is 9.43. The maximum Gasteiger partial charge on any atom is 0.306 e. The van der Waals surface area contributed by atoms with Crippen molar-refractivity contribution in [3.63, 3.8) is 0 Å². The molecular weight excluding hydrogens is 408 g/mol. The fourth-order valence-corrected chi connectivity index (χ4v) is 3.36. The van der Waals surface area contributed by atoms with Crippen LogP contribution in [0.1, 0.15) is 18.4 Å². The molecule has 0 aliphatic carbocycles. The molecule has 0 atom stereocenters. The molecule has 0 saturated heterocycles. The molecule has 2 aromatic carbocycles. The smallest absolute Gasteiger partial charge is 0.306 e. The van der Waals surface area contributed by atoms with E-state index in [9.17, 15) is 9.59 Å². The van der Waals surface area contributed by atoms with E-state index in [1.807, 2.05) is 30.5 Å². The molecule has 0 aliphatic heterocycles. The second kappa shape index (κ2) is 10.0. The lowest BCUT2D eigenvalue weighted by Crippen LogP contribution is -2.21. The topological polar surface area (TPSA) is 89.6 Å². The van der Waals surface area contributed by atoms with E-state index in [0.29, 0.717) is 28.6 Å². The number of benzene rings is 2. The minimum atomic E-state index is -0.484. The lowest BCUT2D eigenvalue weighted by atomic mass is 10.1. The van der Waals surface area contributed by atoms with E-state index in [0.717, 1.165) is 22.9 Å². The number of anilines is 1. The summed E-state index contributed by atoms with van der Waals surface area (Å²) in [6.45, 7) is -0.389. The van der Waals surface area contributed by atoms with Crippen LogP contribution in [0.2, 0.25) is 5.02 Å². The summed E-state index contributed by atoms with van der Waals surface area (Å²) in [7, 11) is 2.93. The number of carbonyl (C=O) groups is 2. The van der Waals surface area contributed by atoms with Gasteiger partial charge in [-0.15, -0.1) is 0 Å². The molecule has 8 heteroatoms. The number of ether oxygens (including phenoxy) is 3. The quantitative estimate of drug-likeness (QED) is 0.493. The van der Waals surface area contributed by atoms with Crippen molar-refractivity contribution in [1.29, 1.82) is 0 Å². The van der Waals surface area contributed by atoms with E-state index in [1.165, 1.54) is 20.3 Å². The summed E-state index contributed by atoms with van der Waals surface area (Å²) in [6.07, 6.45) is 3.56. The van der Waals surface area contributed by atoms with Gasteiger partial charge >= 0.3 is 5.97 Å². The van der Waals surface area contributed by atoms with Gasteiger partial charge in [0.1, 0.15) is 11.5 Å². The number of para-hydroxylation sites is 1. The number of esters is 1. The number of aromatic amines is 1. The first-order chi connectivity index (χ1) is 14.5. The summed E-state index contributed by atoms with van der Waals surface area (Å²) in [5, 5.41) is 4.14. The Bertz CT molecular complexity index is 1050. The van der Waals surface area contributed by atoms with Gasteiger partial charge in [-0.3, -0.25) is 9.59 Å². The normalized spacial score (nSPS) is 10.6. The second-order valence-corrected chi connectivity index (χ2v) is 7.02. The maximum absolute atomic E-state index is 12.2. The van der Waals surface area contributed by atoms with Gasteiger partial charge in [0.2, 0.25) is 0 Å². The number of H-pyrrole nitrogens is 1. The summed E-state index contributed by atoms with van der Waals surface area (Å²) in [5.74, 6) is -0.144. The van der Waals surface area contributed by atoms with Crippen LogP contribution in [0.3, 0.4) is 0 Å². The Labute approximate surface area is 179 Å². The van der Waals surface area contributed by atoms with Crippen LogP contribution in [0, 0.1) is 0 Å². The lowest BCUT2D eigenvalue weighted by Gasteiger charge is -2.13. The summed E-state index contributed by atoms with van der Waals surface area (Å²) in [5.41, 5.74) is 2.60. The third-order valence-electron chi connectivity index (χ3n) is 4.61. The first-order valence-corrected chi connectivity index (χ1v) is 9.81. The number of carbonyl (C=O) groups excluding carboxylic acids is 2. The van der Waals surface area contributed by atoms with E-state index < -0.39 is 11.9 Å². The molecule has 30 heavy (non-hydrogen) atoms. The number of halogens is 1. The van der Waals surface area contributed by atoms with Crippen LogP contribution >= 0.6 is 11.6 Å². The number of hydrogen-bond acceptors (Lipinski definition) is 5. The van der Waals surface area contributed by atoms with Gasteiger partial charge in [-0.1, -0.05) is 29.8 Å². The van der Waals surface area contributed by atoms with Gasteiger partial charge in [0.15, 0.2) is 6.61 Å². The fraction of sp³-hybridized carbons (Fsp3) is 0.273. The summed E-state index contributed by atoms with van der Waals surface area (Å²) < 4.78 is 15.4. The molecule has 3 aromatic rings. The Hall–Kier alpha value is -3.19. The number of rotatable bonds is 9. The molecule has 158 valence electrons. The number of fused-ring (bicyclic) bond motifs is 1. The van der Waals surface area contributed by atoms with Crippen LogP contribution in [0.15, 0.2) is 42.6 Å². The van der Waals surface area contributed by atoms with Crippen LogP contribution in [0.25, 0.3) is 10.9 Å². The van der Waals surface area contributed by atoms with Crippen molar-refractivity contribution < 1.29 is 23.8 Å². The highest BCUT2D eigenvalue weighted by Crippen LogP contribution is 2.35. The Morgan fingerprint density at radius 2 is 1.87 bits per heavy atom. The summed E-state index contributed by atoms with van der Waals surface area (Å²) in [4.78, 5) is 27.4. The molecule has 1 aromatic heterocycles. The number of methoxy groups -OCH3 is 2. The molecule has 1 amide bonds. The molecular formula is C22H23ClN2O5. The molecule has 0 aliphatic rings. The predicted octanol–water partition coefficient (Wildman–Crippen LogP) is 4.34. The average Bonchev–Trinajstić information content (AvgIpc) is 3.16. The van der Waals surface area contributed by atoms with E-state index in [2.05, 4.69) is 10.3 Å². The van der Waals surface area contributed by atoms with Gasteiger partial charge in [-0.2, -0.15) is 0 Å². The number of aryl methyl sites for hydroxylation is 1. The van der Waals surface area contributed by atoms with Crippen LogP contribution in [-0.2, 0) is 20.7 Å². The highest BCUT2D eigenvalue weighted by Gasteiger charge is 2.14. The largest absolute Gasteiger partial charge is 0.495 e. The van der Waals surface area contributed by atoms with Crippen LogP contribution in [0.4, 0.5) is 5.69 Å². The van der Waals surface area contributed by atoms with Crippen molar-refractivity contribution in [3.05, 3.63) is 53.2 Å². The third kappa shape index (κ3) is 5.24. The summed E-state index contributed by atoms with van der Waals surface area (Å²) >= 11 is 6.05. The molecule has 1 heterocycles. The Morgan fingerprint density at radius 3 is 2.63 bits per heavy atom. The molecule has 0 radical (unpaired) electrons. The molecule has 7 nitrogen and oxygen atoms in total. The molecule has 0 spiro atoms. The Kier molecular flexibility index (Phi) is 7.19. The minimum absolute atomic E-state index is 0.227. The zero-order valence-corrected chi connectivity index (χ0v) is 17.5. The predicted molar refractivity (Wildman–Crippen MR) is 115 cm³/mol. The first kappa shape index (κ1) is 21.5. The van der Waals surface area contributed by atoms with Crippen molar-refractivity contribution in [3.8, 4) is 11.5 Å². The summed E-state index contributed by atoms with van der Waals surface area (Å²) in [6, 6.07) is 11.1. The minimum Gasteiger partial charge on any atom is -0.495 e. The Morgan fingerprint density at radius 1 is 1.10 bits per heavy atom. The van der Waals surface area contributed by atoms with Crippen LogP contribution in [0.5, 0.6) is 11.5 Å². The SMILES string of the molecule is COc1cc(NC(=O)COC(=O)CCCc2c[nH]c3ccccc23)c(OC)cc1Cl. The van der Waals surface area contributed by atoms with E-state index in [1.54, 1.807) is 6.07 Å². The van der Waals surface area contributed by atoms with E-state index >= 15 is 0 Å². The third-order valence-corrected chi connectivity index (χ3v) is 4.91. The van der Waals surface area contributed by atoms with Crippen molar-refractivity contribution in [2.75, 3.05) is 26.1 Å². The number of hydrogen-bond donors (Lipinski definition) is 2. The van der Waals surface area contributed by atoms with Gasteiger partial charge in [-0.05, 0) is 24.5 Å². The van der Waals surface area contributed by atoms with E-state index in [4.69, 9.17) is 25.8 Å². The number of amides is 1. The second-order valence-electron chi connectivity index (χ2n) is 6.61. The standard InChI is InChI=1S/C22H23ClN2O5/c1-28-19-11-18(20(29-2)10-16(19)23)25-21(26)13-30-22(27)9-5-6-14-12-24-17-8-4-3-7-15(14)17/h3-4,7-8,10-12,24H,5-6,9,13H2,1-2H3,(H,25,26). The monoisotopic (exact) mass is 430 g/mol. The fourth-order valence-electron chi connectivity index (χ4n) is 3.12. The highest BCUT2D eigenvalue weighted by atomic mass is 35.5. The maximum atomic E-state index is 12.2. The number of aromatic nitrogens is 1. The van der Waals surface area contributed by atoms with Gasteiger partial charge in [0, 0.05) is 35.7 Å². The van der Waals surface area contributed by atoms with Crippen LogP contribution < -0.4 is 14.8 Å². The molecule has 2 N–H and O–H groups in total. The van der Waals surface area contributed by atoms with Crippen molar-refractivity contribution in [1.82, 2.24) is 4.98 Å². The van der Waals surface area contributed by atoms with Gasteiger partial charge in [0.05, 0.1) is 24.9 Å². The van der Waals surface area contributed by atoms with Gasteiger partial charge < -0.3 is 24.5 Å².